The van der Waals surface area contributed by atoms with Crippen molar-refractivity contribution in [2.45, 2.75) is 22.8 Å². The molecule has 3 aromatic carbocycles. The number of imidazole rings is 1. The monoisotopic (exact) mass is 627 g/mol. The molecule has 1 aromatic heterocycles. The predicted molar refractivity (Wildman–Crippen MR) is 145 cm³/mol. The lowest BCUT2D eigenvalue weighted by molar-refractivity contribution is 0.127. The Kier molecular flexibility index (Phi) is 7.88. The molecule has 0 aliphatic carbocycles. The maximum absolute atomic E-state index is 13.8. The Balaban J connectivity index is 1.69. The molecule has 0 saturated carbocycles. The van der Waals surface area contributed by atoms with Gasteiger partial charge in [0.15, 0.2) is 0 Å². The number of methoxy groups -OCH3 is 1. The second kappa shape index (κ2) is 10.7. The highest BCUT2D eigenvalue weighted by molar-refractivity contribution is 14.1. The molecule has 0 aliphatic rings. The summed E-state index contributed by atoms with van der Waals surface area (Å²) in [6.07, 6.45) is 2.43. The molecule has 4 rings (SSSR count). The van der Waals surface area contributed by atoms with E-state index >= 15 is 0 Å². The Labute approximate surface area is 226 Å². The first-order valence-corrected chi connectivity index (χ1v) is 12.5. The van der Waals surface area contributed by atoms with Gasteiger partial charge in [0, 0.05) is 50.3 Å². The average molecular weight is 628 g/mol. The Bertz CT molecular complexity index is 1320. The number of aromatic nitrogens is 2. The van der Waals surface area contributed by atoms with Crippen LogP contribution in [0.25, 0.3) is 0 Å². The van der Waals surface area contributed by atoms with Crippen LogP contribution in [0.3, 0.4) is 0 Å². The molecule has 0 spiro atoms. The van der Waals surface area contributed by atoms with Crippen molar-refractivity contribution >= 4 is 51.7 Å². The maximum Gasteiger partial charge on any atom is 0.321 e. The van der Waals surface area contributed by atoms with E-state index in [0.29, 0.717) is 34.5 Å². The van der Waals surface area contributed by atoms with E-state index in [1.54, 1.807) is 35.9 Å². The summed E-state index contributed by atoms with van der Waals surface area (Å²) in [5.41, 5.74) is 9.58. The zero-order chi connectivity index (χ0) is 25.2. The molecule has 1 atom stereocenters. The van der Waals surface area contributed by atoms with Gasteiger partial charge in [-0.25, -0.2) is 4.98 Å². The predicted octanol–water partition coefficient (Wildman–Crippen LogP) is 7.69. The summed E-state index contributed by atoms with van der Waals surface area (Å²) in [7, 11) is 1.62. The fourth-order valence-corrected chi connectivity index (χ4v) is 4.75. The number of halogens is 5. The molecule has 182 valence electrons. The van der Waals surface area contributed by atoms with Gasteiger partial charge in [0.1, 0.15) is 5.75 Å². The smallest absolute Gasteiger partial charge is 0.321 e. The van der Waals surface area contributed by atoms with Crippen molar-refractivity contribution < 1.29 is 13.5 Å². The van der Waals surface area contributed by atoms with Crippen LogP contribution in [0.4, 0.5) is 14.7 Å². The summed E-state index contributed by atoms with van der Waals surface area (Å²) >= 11 is 13.7. The van der Waals surface area contributed by atoms with Crippen LogP contribution in [-0.2, 0) is 16.9 Å². The molecule has 0 bridgehead atoms. The molecule has 0 saturated heterocycles. The third-order valence-electron chi connectivity index (χ3n) is 5.75. The van der Waals surface area contributed by atoms with E-state index in [9.17, 15) is 8.78 Å². The van der Waals surface area contributed by atoms with Crippen molar-refractivity contribution in [2.24, 2.45) is 0 Å². The van der Waals surface area contributed by atoms with Gasteiger partial charge in [0.2, 0.25) is 5.95 Å². The summed E-state index contributed by atoms with van der Waals surface area (Å²) in [5, 5.41) is 1.13. The second-order valence-corrected chi connectivity index (χ2v) is 10.3. The highest BCUT2D eigenvalue weighted by Crippen LogP contribution is 2.36. The molecule has 4 aromatic rings. The molecule has 0 aliphatic heterocycles. The quantitative estimate of drug-likeness (QED) is 0.161. The first-order valence-electron chi connectivity index (χ1n) is 10.7. The Hall–Kier alpha value is -2.36. The topological polar surface area (TPSA) is 53.1 Å². The lowest BCUT2D eigenvalue weighted by Crippen LogP contribution is -2.07. The molecule has 35 heavy (non-hydrogen) atoms. The van der Waals surface area contributed by atoms with Crippen molar-refractivity contribution in [1.29, 1.82) is 0 Å². The van der Waals surface area contributed by atoms with E-state index in [0.717, 1.165) is 45.2 Å². The average Bonchev–Trinajstić information content (AvgIpc) is 3.18. The molecular formula is C26H22Cl2F2IN3O. The Morgan fingerprint density at radius 2 is 1.83 bits per heavy atom. The highest BCUT2D eigenvalue weighted by atomic mass is 127. The number of rotatable bonds is 8. The van der Waals surface area contributed by atoms with E-state index in [4.69, 9.17) is 33.7 Å². The minimum absolute atomic E-state index is 0.0528. The van der Waals surface area contributed by atoms with E-state index in [2.05, 4.69) is 4.98 Å². The van der Waals surface area contributed by atoms with Crippen LogP contribution in [-0.4, -0.2) is 16.7 Å². The van der Waals surface area contributed by atoms with Crippen LogP contribution in [0.1, 0.15) is 33.9 Å². The van der Waals surface area contributed by atoms with Gasteiger partial charge in [0.05, 0.1) is 19.3 Å². The van der Waals surface area contributed by atoms with E-state index in [1.807, 2.05) is 36.5 Å². The normalized spacial score (nSPS) is 12.5. The molecule has 2 N–H and O–H groups in total. The molecule has 0 radical (unpaired) electrons. The van der Waals surface area contributed by atoms with Crippen LogP contribution in [0.2, 0.25) is 10.0 Å². The van der Waals surface area contributed by atoms with E-state index in [-0.39, 0.29) is 11.5 Å². The van der Waals surface area contributed by atoms with Gasteiger partial charge < -0.3 is 15.0 Å². The fraction of sp³-hybridized carbons (Fsp3) is 0.192. The van der Waals surface area contributed by atoms with Crippen LogP contribution >= 0.6 is 45.8 Å². The molecule has 4 nitrogen and oxygen atoms in total. The maximum atomic E-state index is 13.8. The molecule has 0 amide bonds. The molecule has 1 unspecified atom stereocenters. The third kappa shape index (κ3) is 6.26. The second-order valence-electron chi connectivity index (χ2n) is 8.12. The zero-order valence-corrected chi connectivity index (χ0v) is 22.4. The van der Waals surface area contributed by atoms with Gasteiger partial charge in [-0.3, -0.25) is 0 Å². The van der Waals surface area contributed by atoms with Gasteiger partial charge >= 0.3 is 3.93 Å². The van der Waals surface area contributed by atoms with Crippen molar-refractivity contribution in [3.8, 4) is 5.75 Å². The van der Waals surface area contributed by atoms with Crippen LogP contribution in [0.15, 0.2) is 72.9 Å². The molecular weight excluding hydrogens is 606 g/mol. The highest BCUT2D eigenvalue weighted by Gasteiger charge is 2.27. The largest absolute Gasteiger partial charge is 0.497 e. The summed E-state index contributed by atoms with van der Waals surface area (Å²) in [5.74, 6) is 0.884. The Morgan fingerprint density at radius 1 is 1.09 bits per heavy atom. The van der Waals surface area contributed by atoms with Crippen molar-refractivity contribution in [2.75, 3.05) is 12.8 Å². The number of nitrogen functional groups attached to an aromatic ring is 1. The lowest BCUT2D eigenvalue weighted by Gasteiger charge is -2.17. The number of benzene rings is 3. The minimum Gasteiger partial charge on any atom is -0.497 e. The molecule has 9 heteroatoms. The van der Waals surface area contributed by atoms with Crippen molar-refractivity contribution in [3.63, 3.8) is 0 Å². The summed E-state index contributed by atoms with van der Waals surface area (Å²) < 4.78 is 31.7. The van der Waals surface area contributed by atoms with Gasteiger partial charge in [-0.1, -0.05) is 59.6 Å². The minimum atomic E-state index is -2.95. The molecule has 1 heterocycles. The number of nitrogens with zero attached hydrogens (tertiary/aromatic N) is 2. The lowest BCUT2D eigenvalue weighted by atomic mass is 9.89. The molecule has 0 fully saturated rings. The van der Waals surface area contributed by atoms with Gasteiger partial charge in [-0.15, -0.1) is 0 Å². The number of ether oxygens (including phenoxy) is 1. The van der Waals surface area contributed by atoms with Gasteiger partial charge in [-0.05, 0) is 53.4 Å². The van der Waals surface area contributed by atoms with Crippen LogP contribution in [0.5, 0.6) is 5.75 Å². The summed E-state index contributed by atoms with van der Waals surface area (Å²) in [6.45, 7) is 0.316. The number of alkyl halides is 3. The first kappa shape index (κ1) is 25.7. The Morgan fingerprint density at radius 3 is 2.49 bits per heavy atom. The number of hydrogen-bond acceptors (Lipinski definition) is 3. The van der Waals surface area contributed by atoms with Crippen molar-refractivity contribution in [3.05, 3.63) is 111 Å². The van der Waals surface area contributed by atoms with Crippen molar-refractivity contribution in [1.82, 2.24) is 9.55 Å². The summed E-state index contributed by atoms with van der Waals surface area (Å²) in [6, 6.07) is 19.5. The SMILES string of the molecule is COc1ccc(C(Cc2ccc(Cl)cc2Cl)c2cn(Cc3cccc(C(F)(F)I)c3)c(N)n2)cc1. The van der Waals surface area contributed by atoms with Crippen LogP contribution in [0, 0.1) is 0 Å². The van der Waals surface area contributed by atoms with Crippen LogP contribution < -0.4 is 10.5 Å². The number of nitrogens with two attached hydrogens (primary N) is 1. The third-order valence-corrected chi connectivity index (χ3v) is 6.96. The number of anilines is 1. The summed E-state index contributed by atoms with van der Waals surface area (Å²) in [4.78, 5) is 4.63. The standard InChI is InChI=1S/C26H22Cl2F2IN3O/c1-35-21-9-6-17(7-10-21)22(12-18-5-8-20(27)13-23(18)28)24-15-34(25(32)33-24)14-16-3-2-4-19(11-16)26(29,30)31/h2-11,13,15,22H,12,14H2,1H3,(H2,32,33). The zero-order valence-electron chi connectivity index (χ0n) is 18.7. The number of hydrogen-bond donors (Lipinski definition) is 1. The first-order chi connectivity index (χ1) is 16.6. The van der Waals surface area contributed by atoms with Gasteiger partial charge in [-0.2, -0.15) is 8.78 Å². The van der Waals surface area contributed by atoms with E-state index in [1.165, 1.54) is 12.1 Å². The van der Waals surface area contributed by atoms with E-state index < -0.39 is 3.93 Å². The van der Waals surface area contributed by atoms with Gasteiger partial charge in [0.25, 0.3) is 0 Å². The fourth-order valence-electron chi connectivity index (χ4n) is 3.92.